The number of alkyl halides is 1. The van der Waals surface area contributed by atoms with Crippen molar-refractivity contribution in [2.75, 3.05) is 13.7 Å². The fourth-order valence-electron chi connectivity index (χ4n) is 5.84. The molecule has 1 amide bonds. The Hall–Kier alpha value is -2.98. The number of aliphatic hydroxyl groups is 2. The number of hydrogen-bond donors (Lipinski definition) is 4. The molecule has 202 valence electrons. The van der Waals surface area contributed by atoms with Gasteiger partial charge in [-0.1, -0.05) is 29.8 Å². The van der Waals surface area contributed by atoms with Crippen LogP contribution in [0.5, 0.6) is 5.75 Å². The van der Waals surface area contributed by atoms with Gasteiger partial charge in [-0.2, -0.15) is 0 Å². The van der Waals surface area contributed by atoms with E-state index in [1.54, 1.807) is 24.4 Å². The Morgan fingerprint density at radius 1 is 1.26 bits per heavy atom. The lowest BCUT2D eigenvalue weighted by Gasteiger charge is -2.35. The summed E-state index contributed by atoms with van der Waals surface area (Å²) < 4.78 is 27.8. The number of rotatable bonds is 7. The van der Waals surface area contributed by atoms with Gasteiger partial charge in [0.1, 0.15) is 5.75 Å². The van der Waals surface area contributed by atoms with Gasteiger partial charge in [-0.15, -0.1) is 0 Å². The number of nitrogens with zero attached hydrogens (tertiary/aromatic N) is 1. The molecule has 1 saturated carbocycles. The van der Waals surface area contributed by atoms with Gasteiger partial charge >= 0.3 is 0 Å². The highest BCUT2D eigenvalue weighted by molar-refractivity contribution is 6.32. The number of methoxy groups -OCH3 is 1. The van der Waals surface area contributed by atoms with E-state index in [-0.39, 0.29) is 22.8 Å². The minimum Gasteiger partial charge on any atom is -0.494 e. The summed E-state index contributed by atoms with van der Waals surface area (Å²) >= 11 is 6.14. The minimum absolute atomic E-state index is 0.177. The van der Waals surface area contributed by atoms with Gasteiger partial charge in [-0.25, -0.2) is 4.39 Å². The van der Waals surface area contributed by atoms with E-state index in [0.717, 1.165) is 25.7 Å². The van der Waals surface area contributed by atoms with Crippen LogP contribution in [0.2, 0.25) is 0 Å². The van der Waals surface area contributed by atoms with Crippen LogP contribution in [-0.2, 0) is 21.6 Å². The predicted molar refractivity (Wildman–Crippen MR) is 139 cm³/mol. The monoisotopic (exact) mass is 543 g/mol. The lowest BCUT2D eigenvalue weighted by Crippen LogP contribution is -2.47. The maximum absolute atomic E-state index is 16.1. The van der Waals surface area contributed by atoms with Crippen molar-refractivity contribution in [2.24, 2.45) is 5.73 Å². The molecule has 2 heterocycles. The van der Waals surface area contributed by atoms with Crippen LogP contribution in [0.3, 0.4) is 0 Å². The molecule has 0 bridgehead atoms. The third-order valence-electron chi connectivity index (χ3n) is 7.75. The van der Waals surface area contributed by atoms with Crippen LogP contribution in [0, 0.1) is 0 Å². The molecule has 3 atom stereocenters. The van der Waals surface area contributed by atoms with Gasteiger partial charge in [0, 0.05) is 36.3 Å². The summed E-state index contributed by atoms with van der Waals surface area (Å²) in [6, 6.07) is 10.9. The second-order valence-electron chi connectivity index (χ2n) is 10.1. The van der Waals surface area contributed by atoms with Gasteiger partial charge in [-0.3, -0.25) is 9.78 Å². The molecule has 2 aromatic rings. The predicted octanol–water partition coefficient (Wildman–Crippen LogP) is 3.07. The highest BCUT2D eigenvalue weighted by atomic mass is 35.5. The molecule has 10 heteroatoms. The molecule has 0 saturated heterocycles. The van der Waals surface area contributed by atoms with Gasteiger partial charge in [0.05, 0.1) is 29.9 Å². The summed E-state index contributed by atoms with van der Waals surface area (Å²) in [6.07, 6.45) is 6.11. The number of primary amides is 1. The molecule has 1 aromatic heterocycles. The zero-order valence-electron chi connectivity index (χ0n) is 21.0. The first-order chi connectivity index (χ1) is 18.2. The van der Waals surface area contributed by atoms with Crippen molar-refractivity contribution >= 4 is 17.5 Å². The standard InChI is InChI=1S/C28H31ClFN3O5/c1-37-25-21(29)13-19(26(31)35)24(28(25,30)36)18-5-4-6-22-20(18)14-27(38-22,23-7-2-3-12-32-23)15-33-16-8-10-17(34)11-9-16/h2-7,12-13,16-17,24,33-34,36H,8-11,14-15H2,1H3,(H2,31,35)/t16?,17?,24-,27?,28-/m1/s1. The lowest BCUT2D eigenvalue weighted by atomic mass is 9.77. The zero-order valence-corrected chi connectivity index (χ0v) is 21.7. The topological polar surface area (TPSA) is 127 Å². The van der Waals surface area contributed by atoms with Crippen molar-refractivity contribution in [3.8, 4) is 5.75 Å². The number of halogens is 2. The Morgan fingerprint density at radius 2 is 2.03 bits per heavy atom. The van der Waals surface area contributed by atoms with Gasteiger partial charge in [0.2, 0.25) is 5.91 Å². The Kier molecular flexibility index (Phi) is 7.21. The average molecular weight is 544 g/mol. The van der Waals surface area contributed by atoms with Crippen LogP contribution in [0.15, 0.2) is 65.0 Å². The highest BCUT2D eigenvalue weighted by Crippen LogP contribution is 2.51. The Balaban J connectivity index is 1.54. The third kappa shape index (κ3) is 4.68. The van der Waals surface area contributed by atoms with E-state index >= 15 is 4.39 Å². The molecular weight excluding hydrogens is 513 g/mol. The van der Waals surface area contributed by atoms with Crippen LogP contribution in [-0.4, -0.2) is 52.8 Å². The summed E-state index contributed by atoms with van der Waals surface area (Å²) in [5, 5.41) is 24.3. The number of amides is 1. The molecular formula is C28H31ClFN3O5. The highest BCUT2D eigenvalue weighted by Gasteiger charge is 2.53. The van der Waals surface area contributed by atoms with Crippen LogP contribution >= 0.6 is 11.6 Å². The van der Waals surface area contributed by atoms with E-state index in [1.165, 1.54) is 13.2 Å². The number of fused-ring (bicyclic) bond motifs is 1. The fourth-order valence-corrected chi connectivity index (χ4v) is 6.17. The van der Waals surface area contributed by atoms with Crippen LogP contribution in [0.25, 0.3) is 0 Å². The number of carbonyl (C=O) groups is 1. The lowest BCUT2D eigenvalue weighted by molar-refractivity contribution is -0.122. The van der Waals surface area contributed by atoms with E-state index < -0.39 is 29.0 Å². The van der Waals surface area contributed by atoms with E-state index in [1.807, 2.05) is 18.2 Å². The molecule has 0 radical (unpaired) electrons. The number of allylic oxidation sites excluding steroid dienone is 2. The summed E-state index contributed by atoms with van der Waals surface area (Å²) in [6.45, 7) is 0.414. The quantitative estimate of drug-likeness (QED) is 0.423. The van der Waals surface area contributed by atoms with Crippen molar-refractivity contribution in [2.45, 2.75) is 61.6 Å². The normalized spacial score (nSPS) is 30.9. The van der Waals surface area contributed by atoms with Crippen LogP contribution < -0.4 is 15.8 Å². The smallest absolute Gasteiger partial charge is 0.277 e. The molecule has 2 aliphatic carbocycles. The summed E-state index contributed by atoms with van der Waals surface area (Å²) in [5.41, 5.74) is 6.18. The number of nitrogens with one attached hydrogen (secondary N) is 1. The molecule has 1 unspecified atom stereocenters. The van der Waals surface area contributed by atoms with Crippen molar-refractivity contribution < 1.29 is 28.9 Å². The number of benzene rings is 1. The van der Waals surface area contributed by atoms with Gasteiger partial charge < -0.3 is 30.7 Å². The number of carbonyl (C=O) groups excluding carboxylic acids is 1. The molecule has 38 heavy (non-hydrogen) atoms. The maximum atomic E-state index is 16.1. The van der Waals surface area contributed by atoms with E-state index in [9.17, 15) is 15.0 Å². The van der Waals surface area contributed by atoms with Crippen molar-refractivity contribution in [1.82, 2.24) is 10.3 Å². The van der Waals surface area contributed by atoms with Gasteiger partial charge in [-0.05, 0) is 55.5 Å². The first kappa shape index (κ1) is 26.6. The fraction of sp³-hybridized carbons (Fsp3) is 0.429. The summed E-state index contributed by atoms with van der Waals surface area (Å²) in [5.74, 6) is -5.52. The first-order valence-corrected chi connectivity index (χ1v) is 13.0. The maximum Gasteiger partial charge on any atom is 0.277 e. The molecule has 3 aliphatic rings. The Morgan fingerprint density at radius 3 is 2.68 bits per heavy atom. The van der Waals surface area contributed by atoms with Gasteiger partial charge in [0.25, 0.3) is 5.85 Å². The number of pyridine rings is 1. The Labute approximate surface area is 225 Å². The molecule has 5 N–H and O–H groups in total. The number of aliphatic hydroxyl groups excluding tert-OH is 1. The van der Waals surface area contributed by atoms with E-state index in [4.69, 9.17) is 26.8 Å². The third-order valence-corrected chi connectivity index (χ3v) is 8.03. The largest absolute Gasteiger partial charge is 0.494 e. The number of hydrogen-bond acceptors (Lipinski definition) is 7. The average Bonchev–Trinajstić information content (AvgIpc) is 3.29. The SMILES string of the molecule is COC1=C(Cl)C=C(C(N)=O)[C@@H](c2cccc3c2CC(CNC2CCC(O)CC2)(c2ccccn2)O3)[C@]1(O)F. The molecule has 8 nitrogen and oxygen atoms in total. The van der Waals surface area contributed by atoms with Crippen molar-refractivity contribution in [3.63, 3.8) is 0 Å². The van der Waals surface area contributed by atoms with Crippen molar-refractivity contribution in [1.29, 1.82) is 0 Å². The minimum atomic E-state index is -3.13. The second-order valence-corrected chi connectivity index (χ2v) is 10.6. The first-order valence-electron chi connectivity index (χ1n) is 12.7. The number of ether oxygens (including phenoxy) is 2. The Bertz CT molecular complexity index is 1280. The second kappa shape index (κ2) is 10.3. The van der Waals surface area contributed by atoms with E-state index in [2.05, 4.69) is 10.3 Å². The summed E-state index contributed by atoms with van der Waals surface area (Å²) in [4.78, 5) is 17.0. The van der Waals surface area contributed by atoms with Crippen LogP contribution in [0.1, 0.15) is 48.4 Å². The van der Waals surface area contributed by atoms with E-state index in [0.29, 0.717) is 35.5 Å². The molecule has 1 aromatic carbocycles. The van der Waals surface area contributed by atoms with Crippen LogP contribution in [0.4, 0.5) is 4.39 Å². The molecule has 5 rings (SSSR count). The summed E-state index contributed by atoms with van der Waals surface area (Å²) in [7, 11) is 1.20. The molecule has 0 spiro atoms. The van der Waals surface area contributed by atoms with Gasteiger partial charge in [0.15, 0.2) is 11.4 Å². The zero-order chi connectivity index (χ0) is 27.1. The molecule has 1 aliphatic heterocycles. The van der Waals surface area contributed by atoms with Crippen molar-refractivity contribution in [3.05, 3.63) is 81.9 Å². The molecule has 1 fully saturated rings. The number of nitrogens with two attached hydrogens (primary N) is 1. The number of aromatic nitrogens is 1.